The molecule has 2 aliphatic rings. The van der Waals surface area contributed by atoms with E-state index in [-0.39, 0.29) is 25.5 Å². The Bertz CT molecular complexity index is 1190. The second-order valence-corrected chi connectivity index (χ2v) is 8.91. The molecular weight excluding hydrogens is 488 g/mol. The molecule has 0 saturated carbocycles. The fraction of sp³-hybridized carbons (Fsp3) is 0.407. The average molecular weight is 521 g/mol. The van der Waals surface area contributed by atoms with Crippen LogP contribution < -0.4 is 10.2 Å². The molecule has 0 radical (unpaired) electrons. The van der Waals surface area contributed by atoms with E-state index in [1.807, 2.05) is 41.4 Å². The summed E-state index contributed by atoms with van der Waals surface area (Å²) in [6.45, 7) is 6.63. The lowest BCUT2D eigenvalue weighted by atomic mass is 9.83. The fourth-order valence-electron chi connectivity index (χ4n) is 4.47. The molecule has 1 amide bonds. The maximum absolute atomic E-state index is 14.0. The van der Waals surface area contributed by atoms with Crippen LogP contribution in [0.5, 0.6) is 5.75 Å². The third-order valence-electron chi connectivity index (χ3n) is 6.40. The zero-order valence-corrected chi connectivity index (χ0v) is 21.2. The van der Waals surface area contributed by atoms with Crippen molar-refractivity contribution in [2.75, 3.05) is 39.5 Å². The van der Waals surface area contributed by atoms with Crippen LogP contribution in [0.2, 0.25) is 0 Å². The molecule has 2 aromatic carbocycles. The Labute approximate surface area is 221 Å². The third kappa shape index (κ3) is 6.15. The van der Waals surface area contributed by atoms with Crippen molar-refractivity contribution in [3.8, 4) is 5.75 Å². The van der Waals surface area contributed by atoms with E-state index in [1.165, 1.54) is 0 Å². The lowest BCUT2D eigenvalue weighted by Gasteiger charge is -2.34. The number of nitrogens with one attached hydrogen (secondary N) is 1. The number of hydrogen-bond donors (Lipinski definition) is 2. The van der Waals surface area contributed by atoms with Gasteiger partial charge in [-0.3, -0.25) is 10.2 Å². The summed E-state index contributed by atoms with van der Waals surface area (Å²) < 4.78 is 17.5. The molecule has 0 bridgehead atoms. The van der Waals surface area contributed by atoms with Gasteiger partial charge in [0.2, 0.25) is 5.90 Å². The van der Waals surface area contributed by atoms with Crippen molar-refractivity contribution in [3.05, 3.63) is 88.3 Å². The normalized spacial score (nSPS) is 21.1. The van der Waals surface area contributed by atoms with Crippen molar-refractivity contribution in [2.45, 2.75) is 31.0 Å². The van der Waals surface area contributed by atoms with Crippen LogP contribution in [0.1, 0.15) is 35.6 Å². The smallest absolute Gasteiger partial charge is 0.266 e. The van der Waals surface area contributed by atoms with E-state index in [0.29, 0.717) is 62.1 Å². The van der Waals surface area contributed by atoms with Crippen molar-refractivity contribution in [1.82, 2.24) is 10.4 Å². The molecule has 11 heteroatoms. The number of hydrogen-bond acceptors (Lipinski definition) is 8. The van der Waals surface area contributed by atoms with Crippen molar-refractivity contribution < 1.29 is 24.1 Å². The lowest BCUT2D eigenvalue weighted by Crippen LogP contribution is -2.56. The summed E-state index contributed by atoms with van der Waals surface area (Å²) in [6, 6.07) is 14.6. The topological polar surface area (TPSA) is 141 Å². The lowest BCUT2D eigenvalue weighted by molar-refractivity contribution is -0.136. The van der Waals surface area contributed by atoms with Gasteiger partial charge < -0.3 is 19.3 Å². The minimum absolute atomic E-state index is 0.0587. The number of hydrazine groups is 1. The number of morpholine rings is 1. The first kappa shape index (κ1) is 27.2. The van der Waals surface area contributed by atoms with Gasteiger partial charge in [0.05, 0.1) is 26.4 Å². The SMILES string of the molecule is C=CC[C@]1(C(=O)NN2CCOCC2)N=C(c2ccc(OCCCO)cc2)O[C@H]1c1ccccc1CN=[N+]=[N-]. The largest absolute Gasteiger partial charge is 0.494 e. The van der Waals surface area contributed by atoms with Crippen molar-refractivity contribution in [1.29, 1.82) is 0 Å². The molecule has 2 heterocycles. The van der Waals surface area contributed by atoms with Gasteiger partial charge in [0, 0.05) is 43.0 Å². The zero-order valence-electron chi connectivity index (χ0n) is 21.2. The van der Waals surface area contributed by atoms with E-state index in [4.69, 9.17) is 29.8 Å². The van der Waals surface area contributed by atoms with E-state index in [9.17, 15) is 4.79 Å². The number of ether oxygens (including phenoxy) is 3. The molecule has 2 N–H and O–H groups in total. The highest BCUT2D eigenvalue weighted by Gasteiger charge is 2.53. The Morgan fingerprint density at radius 2 is 2.05 bits per heavy atom. The number of amides is 1. The van der Waals surface area contributed by atoms with Crippen molar-refractivity contribution in [2.24, 2.45) is 10.1 Å². The summed E-state index contributed by atoms with van der Waals surface area (Å²) in [5.41, 5.74) is 12.7. The summed E-state index contributed by atoms with van der Waals surface area (Å²) in [5, 5.41) is 14.5. The second kappa shape index (κ2) is 13.1. The van der Waals surface area contributed by atoms with Crippen LogP contribution in [0, 0.1) is 0 Å². The first-order valence-corrected chi connectivity index (χ1v) is 12.5. The standard InChI is InChI=1S/C27H32N6O5/c1-2-12-27(26(35)31-33-13-17-36-18-14-33)24(23-7-4-3-6-21(23)19-29-32-28)38-25(30-27)20-8-10-22(11-9-20)37-16-5-15-34/h2-4,6-11,24,34H,1,5,12-19H2,(H,31,35)/t24-,27-/m0/s1. The predicted molar refractivity (Wildman–Crippen MR) is 141 cm³/mol. The molecule has 0 aliphatic carbocycles. The molecular formula is C27H32N6O5. The minimum Gasteiger partial charge on any atom is -0.494 e. The van der Waals surface area contributed by atoms with Crippen LogP contribution in [0.4, 0.5) is 0 Å². The molecule has 200 valence electrons. The van der Waals surface area contributed by atoms with E-state index in [1.54, 1.807) is 18.2 Å². The molecule has 4 rings (SSSR count). The van der Waals surface area contributed by atoms with Gasteiger partial charge in [0.1, 0.15) is 5.75 Å². The summed E-state index contributed by atoms with van der Waals surface area (Å²) >= 11 is 0. The van der Waals surface area contributed by atoms with Gasteiger partial charge >= 0.3 is 0 Å². The first-order chi connectivity index (χ1) is 18.6. The molecule has 1 fully saturated rings. The van der Waals surface area contributed by atoms with Gasteiger partial charge in [0.15, 0.2) is 11.6 Å². The number of aliphatic hydroxyl groups is 1. The highest BCUT2D eigenvalue weighted by molar-refractivity contribution is 6.01. The summed E-state index contributed by atoms with van der Waals surface area (Å²) in [5.74, 6) is 0.649. The van der Waals surface area contributed by atoms with Gasteiger partial charge in [-0.1, -0.05) is 35.5 Å². The van der Waals surface area contributed by atoms with Crippen molar-refractivity contribution in [3.63, 3.8) is 0 Å². The molecule has 1 saturated heterocycles. The quantitative estimate of drug-likeness (QED) is 0.144. The molecule has 0 spiro atoms. The second-order valence-electron chi connectivity index (χ2n) is 8.91. The number of aliphatic imine (C=N–C) groups is 1. The maximum atomic E-state index is 14.0. The van der Waals surface area contributed by atoms with Crippen LogP contribution in [0.3, 0.4) is 0 Å². The van der Waals surface area contributed by atoms with Gasteiger partial charge in [-0.25, -0.2) is 10.0 Å². The Morgan fingerprint density at radius 3 is 2.76 bits per heavy atom. The summed E-state index contributed by atoms with van der Waals surface area (Å²) in [7, 11) is 0. The molecule has 2 atom stereocenters. The first-order valence-electron chi connectivity index (χ1n) is 12.5. The molecule has 0 unspecified atom stereocenters. The molecule has 2 aliphatic heterocycles. The molecule has 0 aromatic heterocycles. The van der Waals surface area contributed by atoms with Crippen molar-refractivity contribution >= 4 is 11.8 Å². The number of rotatable bonds is 12. The van der Waals surface area contributed by atoms with Crippen LogP contribution in [0.15, 0.2) is 71.3 Å². The minimum atomic E-state index is -1.35. The van der Waals surface area contributed by atoms with Crippen LogP contribution in [0.25, 0.3) is 10.4 Å². The van der Waals surface area contributed by atoms with E-state index < -0.39 is 11.6 Å². The number of aliphatic hydroxyl groups excluding tert-OH is 1. The Balaban J connectivity index is 1.72. The Kier molecular flexibility index (Phi) is 9.34. The number of benzene rings is 2. The van der Waals surface area contributed by atoms with Crippen LogP contribution in [-0.4, -0.2) is 67.0 Å². The van der Waals surface area contributed by atoms with E-state index in [2.05, 4.69) is 22.0 Å². The zero-order chi connectivity index (χ0) is 26.8. The Hall–Kier alpha value is -3.89. The number of carbonyl (C=O) groups excluding carboxylic acids is 1. The number of carbonyl (C=O) groups is 1. The van der Waals surface area contributed by atoms with Gasteiger partial charge in [-0.05, 0) is 40.9 Å². The number of azide groups is 1. The summed E-state index contributed by atoms with van der Waals surface area (Å²) in [6.07, 6.45) is 1.63. The molecule has 38 heavy (non-hydrogen) atoms. The van der Waals surface area contributed by atoms with Crippen LogP contribution in [-0.2, 0) is 20.8 Å². The number of nitrogens with zero attached hydrogens (tertiary/aromatic N) is 5. The fourth-order valence-corrected chi connectivity index (χ4v) is 4.47. The van der Waals surface area contributed by atoms with E-state index >= 15 is 0 Å². The molecule has 11 nitrogen and oxygen atoms in total. The van der Waals surface area contributed by atoms with Gasteiger partial charge in [-0.2, -0.15) is 0 Å². The van der Waals surface area contributed by atoms with E-state index in [0.717, 1.165) is 5.56 Å². The maximum Gasteiger partial charge on any atom is 0.266 e. The average Bonchev–Trinajstić information content (AvgIpc) is 3.34. The third-order valence-corrected chi connectivity index (χ3v) is 6.40. The predicted octanol–water partition coefficient (Wildman–Crippen LogP) is 3.45. The van der Waals surface area contributed by atoms with Gasteiger partial charge in [0.25, 0.3) is 5.91 Å². The monoisotopic (exact) mass is 520 g/mol. The van der Waals surface area contributed by atoms with Crippen LogP contribution >= 0.6 is 0 Å². The van der Waals surface area contributed by atoms with Gasteiger partial charge in [-0.15, -0.1) is 6.58 Å². The highest BCUT2D eigenvalue weighted by Crippen LogP contribution is 2.44. The molecule has 2 aromatic rings. The Morgan fingerprint density at radius 1 is 1.29 bits per heavy atom. The summed E-state index contributed by atoms with van der Waals surface area (Å²) in [4.78, 5) is 21.8. The highest BCUT2D eigenvalue weighted by atomic mass is 16.5.